The van der Waals surface area contributed by atoms with E-state index in [1.54, 1.807) is 30.7 Å². The molecule has 0 saturated carbocycles. The van der Waals surface area contributed by atoms with Crippen LogP contribution in [0.4, 0.5) is 5.13 Å². The van der Waals surface area contributed by atoms with E-state index in [-0.39, 0.29) is 18.2 Å². The van der Waals surface area contributed by atoms with E-state index >= 15 is 0 Å². The highest BCUT2D eigenvalue weighted by Gasteiger charge is 2.31. The normalized spacial score (nSPS) is 15.0. The number of hydrogen-bond acceptors (Lipinski definition) is 7. The summed E-state index contributed by atoms with van der Waals surface area (Å²) < 4.78 is 5.76. The van der Waals surface area contributed by atoms with Gasteiger partial charge in [-0.25, -0.2) is 4.98 Å². The minimum atomic E-state index is -0.155. The molecule has 0 atom stereocenters. The molecule has 164 valence electrons. The SMILES string of the molecule is Cc1cccc(Cc2cnc(NC(=O)CCCN3C(=O)C(=Cc4ccco4)SC3=S)s2)c1. The number of benzene rings is 1. The van der Waals surface area contributed by atoms with Crippen LogP contribution in [0.3, 0.4) is 0 Å². The average Bonchev–Trinajstić information content (AvgIpc) is 3.47. The first-order valence-corrected chi connectivity index (χ1v) is 12.1. The molecule has 1 aliphatic heterocycles. The number of nitrogens with zero attached hydrogens (tertiary/aromatic N) is 2. The standard InChI is InChI=1S/C23H21N3O3S3/c1-15-5-2-6-16(11-15)12-18-14-24-22(31-18)25-20(27)8-3-9-26-21(28)19(32-23(26)30)13-17-7-4-10-29-17/h2,4-7,10-11,13-14H,3,8-9,12H2,1H3,(H,24,25,27). The number of aryl methyl sites for hydroxylation is 1. The number of anilines is 1. The second-order valence-corrected chi connectivity index (χ2v) is 10.1. The number of thiazole rings is 1. The van der Waals surface area contributed by atoms with Gasteiger partial charge >= 0.3 is 0 Å². The lowest BCUT2D eigenvalue weighted by Gasteiger charge is -2.13. The highest BCUT2D eigenvalue weighted by atomic mass is 32.2. The van der Waals surface area contributed by atoms with Gasteiger partial charge in [-0.15, -0.1) is 11.3 Å². The fourth-order valence-corrected chi connectivity index (χ4v) is 5.40. The smallest absolute Gasteiger partial charge is 0.266 e. The zero-order valence-corrected chi connectivity index (χ0v) is 19.8. The number of furan rings is 1. The third kappa shape index (κ3) is 5.73. The van der Waals surface area contributed by atoms with Crippen molar-refractivity contribution in [2.75, 3.05) is 11.9 Å². The molecule has 2 aromatic heterocycles. The Morgan fingerprint density at radius 1 is 1.31 bits per heavy atom. The number of carbonyl (C=O) groups is 2. The van der Waals surface area contributed by atoms with Crippen LogP contribution in [0.25, 0.3) is 6.08 Å². The van der Waals surface area contributed by atoms with Crippen LogP contribution in [-0.4, -0.2) is 32.6 Å². The molecule has 0 unspecified atom stereocenters. The van der Waals surface area contributed by atoms with Gasteiger partial charge in [-0.1, -0.05) is 53.8 Å². The molecule has 32 heavy (non-hydrogen) atoms. The van der Waals surface area contributed by atoms with Crippen LogP contribution in [0, 0.1) is 6.92 Å². The average molecular weight is 484 g/mol. The van der Waals surface area contributed by atoms with Gasteiger partial charge in [0.15, 0.2) is 5.13 Å². The Morgan fingerprint density at radius 2 is 2.19 bits per heavy atom. The van der Waals surface area contributed by atoms with Gasteiger partial charge in [0.05, 0.1) is 11.2 Å². The molecule has 0 aliphatic carbocycles. The number of rotatable bonds is 8. The number of nitrogens with one attached hydrogen (secondary N) is 1. The molecule has 0 radical (unpaired) electrons. The fraction of sp³-hybridized carbons (Fsp3) is 0.217. The number of thiocarbonyl (C=S) groups is 1. The maximum Gasteiger partial charge on any atom is 0.266 e. The Balaban J connectivity index is 1.24. The first kappa shape index (κ1) is 22.4. The molecule has 1 aromatic carbocycles. The summed E-state index contributed by atoms with van der Waals surface area (Å²) in [6, 6.07) is 11.9. The van der Waals surface area contributed by atoms with Crippen LogP contribution in [0.15, 0.2) is 58.2 Å². The molecule has 2 amide bonds. The van der Waals surface area contributed by atoms with E-state index in [0.717, 1.165) is 11.3 Å². The maximum atomic E-state index is 12.6. The van der Waals surface area contributed by atoms with Crippen molar-refractivity contribution in [2.24, 2.45) is 0 Å². The molecule has 3 aromatic rings. The van der Waals surface area contributed by atoms with E-state index < -0.39 is 0 Å². The summed E-state index contributed by atoms with van der Waals surface area (Å²) in [5.41, 5.74) is 2.44. The van der Waals surface area contributed by atoms with Gasteiger partial charge in [0.1, 0.15) is 10.1 Å². The third-order valence-electron chi connectivity index (χ3n) is 4.74. The van der Waals surface area contributed by atoms with Gasteiger partial charge < -0.3 is 9.73 Å². The van der Waals surface area contributed by atoms with Crippen molar-refractivity contribution in [3.05, 3.63) is 75.5 Å². The quantitative estimate of drug-likeness (QED) is 0.348. The second-order valence-electron chi connectivity index (χ2n) is 7.30. The van der Waals surface area contributed by atoms with Crippen molar-refractivity contribution in [1.82, 2.24) is 9.88 Å². The lowest BCUT2D eigenvalue weighted by atomic mass is 10.1. The zero-order valence-electron chi connectivity index (χ0n) is 17.4. The van der Waals surface area contributed by atoms with Crippen molar-refractivity contribution in [3.63, 3.8) is 0 Å². The van der Waals surface area contributed by atoms with Gasteiger partial charge in [-0.05, 0) is 31.0 Å². The van der Waals surface area contributed by atoms with Crippen molar-refractivity contribution in [2.45, 2.75) is 26.2 Å². The third-order valence-corrected chi connectivity index (χ3v) is 7.03. The van der Waals surface area contributed by atoms with Gasteiger partial charge in [0.2, 0.25) is 5.91 Å². The molecular weight excluding hydrogens is 462 g/mol. The maximum absolute atomic E-state index is 12.6. The van der Waals surface area contributed by atoms with Gasteiger partial charge in [0.25, 0.3) is 5.91 Å². The predicted molar refractivity (Wildman–Crippen MR) is 133 cm³/mol. The lowest BCUT2D eigenvalue weighted by molar-refractivity contribution is -0.122. The van der Waals surface area contributed by atoms with Crippen LogP contribution in [0.1, 0.15) is 34.6 Å². The van der Waals surface area contributed by atoms with Gasteiger partial charge in [0, 0.05) is 36.5 Å². The van der Waals surface area contributed by atoms with E-state index in [4.69, 9.17) is 16.6 Å². The fourth-order valence-electron chi connectivity index (χ4n) is 3.25. The van der Waals surface area contributed by atoms with E-state index in [1.807, 2.05) is 6.07 Å². The molecule has 1 fully saturated rings. The molecule has 3 heterocycles. The largest absolute Gasteiger partial charge is 0.465 e. The molecule has 1 aliphatic rings. The molecule has 9 heteroatoms. The second kappa shape index (κ2) is 10.2. The number of amides is 2. The Kier molecular flexibility index (Phi) is 7.19. The minimum absolute atomic E-state index is 0.127. The summed E-state index contributed by atoms with van der Waals surface area (Å²) >= 11 is 8.05. The van der Waals surface area contributed by atoms with Gasteiger partial charge in [-0.3, -0.25) is 14.5 Å². The summed E-state index contributed by atoms with van der Waals surface area (Å²) in [7, 11) is 0. The Hall–Kier alpha value is -2.75. The highest BCUT2D eigenvalue weighted by Crippen LogP contribution is 2.32. The Labute approximate surface area is 199 Å². The Morgan fingerprint density at radius 3 is 2.97 bits per heavy atom. The summed E-state index contributed by atoms with van der Waals surface area (Å²) in [6.45, 7) is 2.46. The first-order valence-electron chi connectivity index (χ1n) is 10.1. The monoisotopic (exact) mass is 483 g/mol. The van der Waals surface area contributed by atoms with Crippen molar-refractivity contribution in [1.29, 1.82) is 0 Å². The van der Waals surface area contributed by atoms with Crippen LogP contribution in [-0.2, 0) is 16.0 Å². The summed E-state index contributed by atoms with van der Waals surface area (Å²) in [5.74, 6) is 0.325. The van der Waals surface area contributed by atoms with E-state index in [2.05, 4.69) is 35.4 Å². The van der Waals surface area contributed by atoms with Crippen molar-refractivity contribution in [3.8, 4) is 0 Å². The molecular formula is C23H21N3O3S3. The van der Waals surface area contributed by atoms with E-state index in [0.29, 0.717) is 33.1 Å². The number of hydrogen-bond donors (Lipinski definition) is 1. The van der Waals surface area contributed by atoms with Crippen LogP contribution in [0.5, 0.6) is 0 Å². The molecule has 4 rings (SSSR count). The molecule has 0 spiro atoms. The molecule has 0 bridgehead atoms. The van der Waals surface area contributed by atoms with Crippen LogP contribution in [0.2, 0.25) is 0 Å². The highest BCUT2D eigenvalue weighted by molar-refractivity contribution is 8.26. The first-order chi connectivity index (χ1) is 15.5. The van der Waals surface area contributed by atoms with Crippen LogP contribution < -0.4 is 5.32 Å². The number of aromatic nitrogens is 1. The number of thioether (sulfide) groups is 1. The molecule has 6 nitrogen and oxygen atoms in total. The molecule has 1 N–H and O–H groups in total. The summed E-state index contributed by atoms with van der Waals surface area (Å²) in [5, 5.41) is 3.44. The van der Waals surface area contributed by atoms with Crippen molar-refractivity contribution < 1.29 is 14.0 Å². The van der Waals surface area contributed by atoms with Crippen LogP contribution >= 0.6 is 35.3 Å². The van der Waals surface area contributed by atoms with Gasteiger partial charge in [-0.2, -0.15) is 0 Å². The predicted octanol–water partition coefficient (Wildman–Crippen LogP) is 5.26. The lowest BCUT2D eigenvalue weighted by Crippen LogP contribution is -2.29. The topological polar surface area (TPSA) is 75.4 Å². The zero-order chi connectivity index (χ0) is 22.5. The van der Waals surface area contributed by atoms with E-state index in [9.17, 15) is 9.59 Å². The minimum Gasteiger partial charge on any atom is -0.465 e. The van der Waals surface area contributed by atoms with Crippen molar-refractivity contribution >= 4 is 62.7 Å². The summed E-state index contributed by atoms with van der Waals surface area (Å²) in [6.07, 6.45) is 6.61. The Bertz CT molecular complexity index is 1170. The number of carbonyl (C=O) groups excluding carboxylic acids is 2. The molecule has 1 saturated heterocycles. The summed E-state index contributed by atoms with van der Waals surface area (Å²) in [4.78, 5) is 32.4. The van der Waals surface area contributed by atoms with E-state index in [1.165, 1.54) is 39.1 Å².